The third kappa shape index (κ3) is 3.46. The van der Waals surface area contributed by atoms with Crippen LogP contribution in [0, 0.1) is 5.41 Å². The highest BCUT2D eigenvalue weighted by molar-refractivity contribution is 5.77. The fourth-order valence-electron chi connectivity index (χ4n) is 1.96. The molecule has 0 aliphatic carbocycles. The number of rotatable bonds is 2. The molecule has 1 fully saturated rings. The zero-order chi connectivity index (χ0) is 12.4. The van der Waals surface area contributed by atoms with Gasteiger partial charge in [0, 0.05) is 0 Å². The molecule has 0 saturated carbocycles. The van der Waals surface area contributed by atoms with Crippen LogP contribution in [0.1, 0.15) is 40.5 Å². The fourth-order valence-corrected chi connectivity index (χ4v) is 1.96. The van der Waals surface area contributed by atoms with Crippen molar-refractivity contribution in [1.29, 1.82) is 0 Å². The largest absolute Gasteiger partial charge is 0.459 e. The minimum atomic E-state index is -0.520. The quantitative estimate of drug-likeness (QED) is 0.693. The molecule has 0 spiro atoms. The first-order chi connectivity index (χ1) is 7.25. The molecular formula is C12H24N2O2. The van der Waals surface area contributed by atoms with Gasteiger partial charge in [-0.25, -0.2) is 0 Å². The van der Waals surface area contributed by atoms with Crippen molar-refractivity contribution in [1.82, 2.24) is 5.32 Å². The van der Waals surface area contributed by atoms with Crippen LogP contribution in [0.3, 0.4) is 0 Å². The molecule has 0 amide bonds. The summed E-state index contributed by atoms with van der Waals surface area (Å²) in [6.07, 6.45) is 1.85. The summed E-state index contributed by atoms with van der Waals surface area (Å²) >= 11 is 0. The van der Waals surface area contributed by atoms with Gasteiger partial charge in [-0.15, -0.1) is 0 Å². The molecule has 16 heavy (non-hydrogen) atoms. The van der Waals surface area contributed by atoms with Crippen molar-refractivity contribution >= 4 is 5.97 Å². The Labute approximate surface area is 97.9 Å². The highest BCUT2D eigenvalue weighted by atomic mass is 16.6. The number of hydrogen-bond donors (Lipinski definition) is 2. The van der Waals surface area contributed by atoms with Gasteiger partial charge >= 0.3 is 5.97 Å². The molecule has 1 unspecified atom stereocenters. The van der Waals surface area contributed by atoms with E-state index in [0.717, 1.165) is 25.9 Å². The number of esters is 1. The molecular weight excluding hydrogens is 204 g/mol. The molecule has 0 aromatic carbocycles. The van der Waals surface area contributed by atoms with Crippen molar-refractivity contribution in [3.63, 3.8) is 0 Å². The third-order valence-corrected chi connectivity index (χ3v) is 3.16. The maximum atomic E-state index is 11.9. The van der Waals surface area contributed by atoms with E-state index in [4.69, 9.17) is 10.5 Å². The molecule has 0 aromatic heterocycles. The number of piperidine rings is 1. The minimum absolute atomic E-state index is 0.131. The Morgan fingerprint density at radius 3 is 2.31 bits per heavy atom. The van der Waals surface area contributed by atoms with Crippen molar-refractivity contribution in [3.05, 3.63) is 0 Å². The molecule has 1 heterocycles. The van der Waals surface area contributed by atoms with Crippen LogP contribution < -0.4 is 11.1 Å². The zero-order valence-electron chi connectivity index (χ0n) is 10.8. The number of carbonyl (C=O) groups is 1. The molecule has 3 N–H and O–H groups in total. The van der Waals surface area contributed by atoms with Crippen LogP contribution in [-0.2, 0) is 9.53 Å². The molecule has 4 nitrogen and oxygen atoms in total. The summed E-state index contributed by atoms with van der Waals surface area (Å²) in [6.45, 7) is 9.51. The first kappa shape index (κ1) is 13.5. The van der Waals surface area contributed by atoms with Gasteiger partial charge < -0.3 is 15.8 Å². The van der Waals surface area contributed by atoms with Gasteiger partial charge in [0.2, 0.25) is 0 Å². The topological polar surface area (TPSA) is 64.3 Å². The van der Waals surface area contributed by atoms with Crippen LogP contribution in [0.4, 0.5) is 0 Å². The highest BCUT2D eigenvalue weighted by Crippen LogP contribution is 2.32. The van der Waals surface area contributed by atoms with E-state index in [0.29, 0.717) is 0 Å². The van der Waals surface area contributed by atoms with E-state index in [1.54, 1.807) is 0 Å². The summed E-state index contributed by atoms with van der Waals surface area (Å²) in [5.74, 6) is -0.281. The lowest BCUT2D eigenvalue weighted by atomic mass is 9.75. The standard InChI is InChI=1S/C12H24N2O2/c1-11(2,3)16-10(15)9(13)12(4)5-7-14-8-6-12/h9,14H,5-8,13H2,1-4H3. The summed E-state index contributed by atoms with van der Waals surface area (Å²) < 4.78 is 5.33. The second-order valence-corrected chi connectivity index (χ2v) is 5.92. The van der Waals surface area contributed by atoms with Gasteiger partial charge in [0.15, 0.2) is 0 Å². The molecule has 1 saturated heterocycles. The van der Waals surface area contributed by atoms with E-state index < -0.39 is 11.6 Å². The monoisotopic (exact) mass is 228 g/mol. The Balaban J connectivity index is 2.61. The Morgan fingerprint density at radius 1 is 1.38 bits per heavy atom. The predicted octanol–water partition coefficient (Wildman–Crippen LogP) is 1.05. The normalized spacial score (nSPS) is 22.6. The van der Waals surface area contributed by atoms with E-state index in [2.05, 4.69) is 12.2 Å². The van der Waals surface area contributed by atoms with Gasteiger partial charge in [-0.1, -0.05) is 6.92 Å². The summed E-state index contributed by atoms with van der Waals surface area (Å²) in [4.78, 5) is 11.9. The summed E-state index contributed by atoms with van der Waals surface area (Å²) in [5.41, 5.74) is 5.44. The molecule has 1 rings (SSSR count). The van der Waals surface area contributed by atoms with E-state index in [9.17, 15) is 4.79 Å². The van der Waals surface area contributed by atoms with E-state index in [-0.39, 0.29) is 11.4 Å². The van der Waals surface area contributed by atoms with Crippen LogP contribution in [0.15, 0.2) is 0 Å². The number of nitrogens with two attached hydrogens (primary N) is 1. The summed E-state index contributed by atoms with van der Waals surface area (Å²) in [7, 11) is 0. The van der Waals surface area contributed by atoms with Gasteiger partial charge in [0.25, 0.3) is 0 Å². The molecule has 0 bridgehead atoms. The number of nitrogens with one attached hydrogen (secondary N) is 1. The second-order valence-electron chi connectivity index (χ2n) is 5.92. The molecule has 4 heteroatoms. The lowest BCUT2D eigenvalue weighted by Gasteiger charge is -2.38. The zero-order valence-corrected chi connectivity index (χ0v) is 10.8. The van der Waals surface area contributed by atoms with E-state index >= 15 is 0 Å². The SMILES string of the molecule is CC(C)(C)OC(=O)C(N)C1(C)CCNCC1. The Kier molecular flexibility index (Phi) is 3.97. The van der Waals surface area contributed by atoms with Crippen LogP contribution in [0.2, 0.25) is 0 Å². The van der Waals surface area contributed by atoms with Gasteiger partial charge in [-0.2, -0.15) is 0 Å². The number of ether oxygens (including phenoxy) is 1. The Bertz CT molecular complexity index is 252. The van der Waals surface area contributed by atoms with Crippen molar-refractivity contribution in [2.45, 2.75) is 52.2 Å². The third-order valence-electron chi connectivity index (χ3n) is 3.16. The van der Waals surface area contributed by atoms with Gasteiger partial charge in [-0.05, 0) is 52.1 Å². The fraction of sp³-hybridized carbons (Fsp3) is 0.917. The van der Waals surface area contributed by atoms with Crippen molar-refractivity contribution in [3.8, 4) is 0 Å². The smallest absolute Gasteiger partial charge is 0.323 e. The van der Waals surface area contributed by atoms with Crippen molar-refractivity contribution in [2.24, 2.45) is 11.1 Å². The average molecular weight is 228 g/mol. The molecule has 1 atom stereocenters. The Hall–Kier alpha value is -0.610. The van der Waals surface area contributed by atoms with Crippen molar-refractivity contribution < 1.29 is 9.53 Å². The first-order valence-corrected chi connectivity index (χ1v) is 5.94. The van der Waals surface area contributed by atoms with E-state index in [1.165, 1.54) is 0 Å². The predicted molar refractivity (Wildman–Crippen MR) is 64.0 cm³/mol. The maximum absolute atomic E-state index is 11.9. The number of hydrogen-bond acceptors (Lipinski definition) is 4. The minimum Gasteiger partial charge on any atom is -0.459 e. The van der Waals surface area contributed by atoms with Gasteiger partial charge in [0.1, 0.15) is 11.6 Å². The van der Waals surface area contributed by atoms with Gasteiger partial charge in [-0.3, -0.25) is 4.79 Å². The first-order valence-electron chi connectivity index (χ1n) is 5.94. The highest BCUT2D eigenvalue weighted by Gasteiger charge is 2.39. The van der Waals surface area contributed by atoms with Crippen molar-refractivity contribution in [2.75, 3.05) is 13.1 Å². The lowest BCUT2D eigenvalue weighted by Crippen LogP contribution is -2.52. The van der Waals surface area contributed by atoms with Crippen LogP contribution in [0.5, 0.6) is 0 Å². The van der Waals surface area contributed by atoms with Gasteiger partial charge in [0.05, 0.1) is 0 Å². The van der Waals surface area contributed by atoms with Crippen LogP contribution in [-0.4, -0.2) is 30.7 Å². The maximum Gasteiger partial charge on any atom is 0.323 e. The molecule has 94 valence electrons. The average Bonchev–Trinajstić information content (AvgIpc) is 2.15. The van der Waals surface area contributed by atoms with Crippen LogP contribution in [0.25, 0.3) is 0 Å². The lowest BCUT2D eigenvalue weighted by molar-refractivity contribution is -0.160. The molecule has 0 radical (unpaired) electrons. The number of carbonyl (C=O) groups excluding carboxylic acids is 1. The Morgan fingerprint density at radius 2 is 1.88 bits per heavy atom. The molecule has 1 aliphatic heterocycles. The molecule has 0 aromatic rings. The van der Waals surface area contributed by atoms with E-state index in [1.807, 2.05) is 20.8 Å². The molecule has 1 aliphatic rings. The second kappa shape index (κ2) is 4.72. The van der Waals surface area contributed by atoms with Crippen LogP contribution >= 0.6 is 0 Å². The summed E-state index contributed by atoms with van der Waals surface area (Å²) in [5, 5.41) is 3.27. The summed E-state index contributed by atoms with van der Waals surface area (Å²) in [6, 6.07) is -0.520.